The maximum Gasteiger partial charge on any atom is 0.276 e. The van der Waals surface area contributed by atoms with Crippen LogP contribution in [0.1, 0.15) is 26.7 Å². The second kappa shape index (κ2) is 6.29. The molecule has 4 atom stereocenters. The summed E-state index contributed by atoms with van der Waals surface area (Å²) in [7, 11) is -7.99. The summed E-state index contributed by atoms with van der Waals surface area (Å²) in [5.41, 5.74) is -0.800. The Labute approximate surface area is 162 Å². The molecule has 144 valence electrons. The summed E-state index contributed by atoms with van der Waals surface area (Å²) >= 11 is 3.56. The standard InChI is InChI=1S/C16H21BrN2O5S2/c1-15-9-8-12(16(15,2)10-25(20,21)22)13(17)14(15)18-19-26(23,24)11-6-4-3-5-7-11/h3-7,12-13,19H,8-10H2,1-2H3,(H,20,21,22)/b18-14-/t12?,13-,15?,16?/m0/s1. The van der Waals surface area contributed by atoms with Crippen molar-refractivity contribution in [2.45, 2.75) is 36.4 Å². The van der Waals surface area contributed by atoms with Crippen molar-refractivity contribution >= 4 is 41.8 Å². The van der Waals surface area contributed by atoms with Gasteiger partial charge in [0.15, 0.2) is 0 Å². The first-order chi connectivity index (χ1) is 11.9. The number of nitrogens with zero attached hydrogens (tertiary/aromatic N) is 1. The van der Waals surface area contributed by atoms with Crippen molar-refractivity contribution in [2.75, 3.05) is 5.75 Å². The Morgan fingerprint density at radius 1 is 1.23 bits per heavy atom. The van der Waals surface area contributed by atoms with E-state index in [4.69, 9.17) is 0 Å². The van der Waals surface area contributed by atoms with Crippen molar-refractivity contribution in [3.8, 4) is 0 Å². The van der Waals surface area contributed by atoms with Crippen molar-refractivity contribution in [3.05, 3.63) is 30.3 Å². The van der Waals surface area contributed by atoms with Crippen LogP contribution in [0.2, 0.25) is 0 Å². The second-order valence-corrected chi connectivity index (χ2v) is 11.5. The molecule has 0 saturated heterocycles. The van der Waals surface area contributed by atoms with Crippen LogP contribution >= 0.6 is 15.9 Å². The molecule has 2 N–H and O–H groups in total. The van der Waals surface area contributed by atoms with E-state index >= 15 is 0 Å². The highest BCUT2D eigenvalue weighted by Crippen LogP contribution is 2.66. The summed E-state index contributed by atoms with van der Waals surface area (Å²) in [4.78, 5) is 2.12. The first kappa shape index (κ1) is 19.8. The molecule has 3 unspecified atom stereocenters. The molecule has 2 bridgehead atoms. The van der Waals surface area contributed by atoms with Crippen LogP contribution in [0, 0.1) is 16.7 Å². The third-order valence-corrected chi connectivity index (χ3v) is 9.30. The molecule has 2 aliphatic rings. The van der Waals surface area contributed by atoms with Gasteiger partial charge < -0.3 is 0 Å². The van der Waals surface area contributed by atoms with E-state index in [1.54, 1.807) is 18.2 Å². The zero-order chi connectivity index (χ0) is 19.4. The molecule has 0 amide bonds. The lowest BCUT2D eigenvalue weighted by Crippen LogP contribution is -2.41. The van der Waals surface area contributed by atoms with E-state index in [0.29, 0.717) is 12.1 Å². The molecule has 3 rings (SSSR count). The number of hydrazone groups is 1. The van der Waals surface area contributed by atoms with E-state index in [1.165, 1.54) is 12.1 Å². The number of nitrogens with one attached hydrogen (secondary N) is 1. The van der Waals surface area contributed by atoms with Gasteiger partial charge in [-0.15, -0.1) is 0 Å². The minimum absolute atomic E-state index is 0.0607. The third-order valence-electron chi connectivity index (χ3n) is 6.04. The van der Waals surface area contributed by atoms with Gasteiger partial charge in [0.1, 0.15) is 0 Å². The fourth-order valence-electron chi connectivity index (χ4n) is 4.43. The Hall–Kier alpha value is -0.970. The quantitative estimate of drug-likeness (QED) is 0.394. The zero-order valence-electron chi connectivity index (χ0n) is 14.4. The Morgan fingerprint density at radius 2 is 1.85 bits per heavy atom. The zero-order valence-corrected chi connectivity index (χ0v) is 17.6. The van der Waals surface area contributed by atoms with Crippen LogP contribution in [-0.4, -0.2) is 37.7 Å². The highest BCUT2D eigenvalue weighted by molar-refractivity contribution is 9.10. The average molecular weight is 465 g/mol. The Morgan fingerprint density at radius 3 is 2.42 bits per heavy atom. The summed E-state index contributed by atoms with van der Waals surface area (Å²) < 4.78 is 57.4. The van der Waals surface area contributed by atoms with Gasteiger partial charge in [-0.25, -0.2) is 4.83 Å². The molecule has 2 fully saturated rings. The molecule has 0 spiro atoms. The number of fused-ring (bicyclic) bond motifs is 2. The van der Waals surface area contributed by atoms with Gasteiger partial charge in [-0.1, -0.05) is 48.0 Å². The third kappa shape index (κ3) is 3.10. The molecule has 0 heterocycles. The lowest BCUT2D eigenvalue weighted by molar-refractivity contribution is 0.195. The molecule has 0 aromatic heterocycles. The molecular formula is C16H21BrN2O5S2. The van der Waals surface area contributed by atoms with Gasteiger partial charge in [-0.3, -0.25) is 4.55 Å². The second-order valence-electron chi connectivity index (χ2n) is 7.43. The Bertz CT molecular complexity index is 948. The summed E-state index contributed by atoms with van der Waals surface area (Å²) in [6.07, 6.45) is 1.46. The van der Waals surface area contributed by atoms with Crippen molar-refractivity contribution in [1.82, 2.24) is 4.83 Å². The van der Waals surface area contributed by atoms with Crippen LogP contribution in [0.4, 0.5) is 0 Å². The Balaban J connectivity index is 1.95. The van der Waals surface area contributed by atoms with Crippen LogP contribution < -0.4 is 4.83 Å². The van der Waals surface area contributed by atoms with Gasteiger partial charge in [0.25, 0.3) is 20.1 Å². The highest BCUT2D eigenvalue weighted by Gasteiger charge is 2.67. The lowest BCUT2D eigenvalue weighted by atomic mass is 9.70. The number of benzene rings is 1. The minimum Gasteiger partial charge on any atom is -0.286 e. The predicted octanol–water partition coefficient (Wildman–Crippen LogP) is 2.41. The molecular weight excluding hydrogens is 444 g/mol. The molecule has 0 aliphatic heterocycles. The normalized spacial score (nSPS) is 35.8. The van der Waals surface area contributed by atoms with Gasteiger partial charge in [-0.2, -0.15) is 21.9 Å². The summed E-state index contributed by atoms with van der Waals surface area (Å²) in [6.45, 7) is 3.70. The maximum absolute atomic E-state index is 12.4. The Kier molecular flexibility index (Phi) is 4.78. The average Bonchev–Trinajstić information content (AvgIpc) is 2.85. The number of hydrogen-bond acceptors (Lipinski definition) is 5. The number of sulfonamides is 1. The lowest BCUT2D eigenvalue weighted by Gasteiger charge is -2.36. The van der Waals surface area contributed by atoms with Gasteiger partial charge in [0, 0.05) is 5.41 Å². The molecule has 2 saturated carbocycles. The summed E-state index contributed by atoms with van der Waals surface area (Å²) in [5.74, 6) is -0.442. The smallest absolute Gasteiger partial charge is 0.276 e. The molecule has 2 aliphatic carbocycles. The van der Waals surface area contributed by atoms with Gasteiger partial charge in [-0.05, 0) is 36.3 Å². The number of alkyl halides is 1. The summed E-state index contributed by atoms with van der Waals surface area (Å²) in [5, 5.41) is 4.19. The fourth-order valence-corrected chi connectivity index (χ4v) is 8.02. The molecule has 10 heteroatoms. The number of halogens is 1. The van der Waals surface area contributed by atoms with Crippen LogP contribution in [-0.2, 0) is 20.1 Å². The molecule has 0 radical (unpaired) electrons. The van der Waals surface area contributed by atoms with Crippen molar-refractivity contribution in [1.29, 1.82) is 0 Å². The van der Waals surface area contributed by atoms with E-state index < -0.39 is 31.0 Å². The van der Waals surface area contributed by atoms with Gasteiger partial charge in [0.2, 0.25) is 0 Å². The van der Waals surface area contributed by atoms with Crippen LogP contribution in [0.25, 0.3) is 0 Å². The van der Waals surface area contributed by atoms with Crippen LogP contribution in [0.3, 0.4) is 0 Å². The first-order valence-electron chi connectivity index (χ1n) is 8.15. The fraction of sp³-hybridized carbons (Fsp3) is 0.562. The topological polar surface area (TPSA) is 113 Å². The predicted molar refractivity (Wildman–Crippen MR) is 102 cm³/mol. The van der Waals surface area contributed by atoms with Crippen LogP contribution in [0.5, 0.6) is 0 Å². The van der Waals surface area contributed by atoms with E-state index in [1.807, 2.05) is 13.8 Å². The minimum atomic E-state index is -4.18. The number of rotatable bonds is 5. The van der Waals surface area contributed by atoms with Crippen molar-refractivity contribution < 1.29 is 21.4 Å². The molecule has 1 aromatic carbocycles. The number of hydrogen-bond donors (Lipinski definition) is 2. The molecule has 7 nitrogen and oxygen atoms in total. The largest absolute Gasteiger partial charge is 0.286 e. The monoisotopic (exact) mass is 464 g/mol. The van der Waals surface area contributed by atoms with Gasteiger partial charge >= 0.3 is 0 Å². The van der Waals surface area contributed by atoms with E-state index in [2.05, 4.69) is 25.9 Å². The summed E-state index contributed by atoms with van der Waals surface area (Å²) in [6, 6.07) is 7.91. The van der Waals surface area contributed by atoms with E-state index in [0.717, 1.165) is 6.42 Å². The van der Waals surface area contributed by atoms with Gasteiger partial charge in [0.05, 0.1) is 21.2 Å². The molecule has 1 aromatic rings. The van der Waals surface area contributed by atoms with Crippen molar-refractivity contribution in [2.24, 2.45) is 21.8 Å². The van der Waals surface area contributed by atoms with Crippen molar-refractivity contribution in [3.63, 3.8) is 0 Å². The van der Waals surface area contributed by atoms with E-state index in [-0.39, 0.29) is 21.4 Å². The highest BCUT2D eigenvalue weighted by atomic mass is 79.9. The molecule has 26 heavy (non-hydrogen) atoms. The maximum atomic E-state index is 12.4. The van der Waals surface area contributed by atoms with Crippen LogP contribution in [0.15, 0.2) is 40.3 Å². The van der Waals surface area contributed by atoms with E-state index in [9.17, 15) is 21.4 Å². The first-order valence-corrected chi connectivity index (χ1v) is 12.2. The SMILES string of the molecule is CC12CCC([C@H](Br)/C1=N/NS(=O)(=O)c1ccccc1)C2(C)CS(=O)(=O)O.